The van der Waals surface area contributed by atoms with E-state index in [4.69, 9.17) is 4.74 Å². The first-order chi connectivity index (χ1) is 13.9. The van der Waals surface area contributed by atoms with Crippen molar-refractivity contribution in [3.8, 4) is 0 Å². The minimum absolute atomic E-state index is 0.0893. The largest absolute Gasteiger partial charge is 0.465 e. The predicted octanol–water partition coefficient (Wildman–Crippen LogP) is 4.00. The molecule has 6 heteroatoms. The van der Waals surface area contributed by atoms with Crippen LogP contribution >= 0.6 is 0 Å². The summed E-state index contributed by atoms with van der Waals surface area (Å²) in [5.74, 6) is -1.19. The quantitative estimate of drug-likeness (QED) is 0.310. The van der Waals surface area contributed by atoms with Gasteiger partial charge in [-0.15, -0.1) is 0 Å². The molecule has 29 heavy (non-hydrogen) atoms. The molecule has 5 nitrogen and oxygen atoms in total. The van der Waals surface area contributed by atoms with E-state index in [1.807, 2.05) is 0 Å². The molecule has 2 aromatic carbocycles. The van der Waals surface area contributed by atoms with Gasteiger partial charge in [0.1, 0.15) is 0 Å². The average molecular weight is 413 g/mol. The number of rotatable bonds is 6. The van der Waals surface area contributed by atoms with Crippen molar-refractivity contribution in [1.82, 2.24) is 0 Å². The third kappa shape index (κ3) is 3.65. The molecule has 0 N–H and O–H groups in total. The lowest BCUT2D eigenvalue weighted by Crippen LogP contribution is -2.49. The molecule has 0 bridgehead atoms. The molecule has 0 saturated heterocycles. The minimum atomic E-state index is -3.81. The molecule has 1 fully saturated rings. The third-order valence-corrected chi connectivity index (χ3v) is 7.65. The number of esters is 1. The van der Waals surface area contributed by atoms with Gasteiger partial charge in [0.25, 0.3) is 0 Å². The molecule has 1 saturated carbocycles. The van der Waals surface area contributed by atoms with Crippen molar-refractivity contribution in [3.63, 3.8) is 0 Å². The molecule has 0 radical (unpaired) electrons. The topological polar surface area (TPSA) is 77.5 Å². The highest BCUT2D eigenvalue weighted by molar-refractivity contribution is 7.92. The van der Waals surface area contributed by atoms with Crippen LogP contribution in [-0.2, 0) is 19.4 Å². The van der Waals surface area contributed by atoms with Crippen molar-refractivity contribution in [2.45, 2.75) is 36.3 Å². The number of hydrogen-bond acceptors (Lipinski definition) is 5. The van der Waals surface area contributed by atoms with Gasteiger partial charge in [-0.1, -0.05) is 55.1 Å². The number of Topliss-reactive ketones (excluding diaryl/α,β-unsaturated/α-hetero) is 1. The molecule has 2 unspecified atom stereocenters. The van der Waals surface area contributed by atoms with Crippen molar-refractivity contribution in [2.24, 2.45) is 5.41 Å². The third-order valence-electron chi connectivity index (χ3n) is 5.45. The maximum atomic E-state index is 13.5. The van der Waals surface area contributed by atoms with Crippen LogP contribution in [0.15, 0.2) is 77.7 Å². The highest BCUT2D eigenvalue weighted by atomic mass is 32.2. The molecular weight excluding hydrogens is 388 g/mol. The number of ether oxygens (including phenoxy) is 1. The van der Waals surface area contributed by atoms with E-state index >= 15 is 0 Å². The smallest absolute Gasteiger partial charge is 0.324 e. The number of sulfone groups is 1. The summed E-state index contributed by atoms with van der Waals surface area (Å²) in [5, 5.41) is -1.03. The summed E-state index contributed by atoms with van der Waals surface area (Å²) >= 11 is 0. The lowest BCUT2D eigenvalue weighted by Gasteiger charge is -2.39. The predicted molar refractivity (Wildman–Crippen MR) is 110 cm³/mol. The molecule has 0 spiro atoms. The van der Waals surface area contributed by atoms with Crippen LogP contribution in [-0.4, -0.2) is 32.0 Å². The minimum Gasteiger partial charge on any atom is -0.465 e. The monoisotopic (exact) mass is 412 g/mol. The van der Waals surface area contributed by atoms with Gasteiger partial charge in [-0.3, -0.25) is 9.59 Å². The molecule has 152 valence electrons. The highest BCUT2D eigenvalue weighted by Crippen LogP contribution is 2.47. The zero-order chi connectivity index (χ0) is 21.1. The zero-order valence-corrected chi connectivity index (χ0v) is 17.2. The normalized spacial score (nSPS) is 22.1. The molecule has 3 rings (SSSR count). The van der Waals surface area contributed by atoms with Crippen molar-refractivity contribution >= 4 is 21.6 Å². The van der Waals surface area contributed by atoms with Gasteiger partial charge < -0.3 is 4.74 Å². The maximum absolute atomic E-state index is 13.5. The van der Waals surface area contributed by atoms with Crippen LogP contribution in [0.2, 0.25) is 0 Å². The number of benzene rings is 2. The Morgan fingerprint density at radius 1 is 1.07 bits per heavy atom. The first-order valence-electron chi connectivity index (χ1n) is 9.61. The van der Waals surface area contributed by atoms with Crippen LogP contribution in [0.1, 0.15) is 36.5 Å². The second-order valence-electron chi connectivity index (χ2n) is 7.09. The number of ketones is 1. The second kappa shape index (κ2) is 8.33. The summed E-state index contributed by atoms with van der Waals surface area (Å²) in [4.78, 5) is 26.7. The Labute approximate surface area is 171 Å². The van der Waals surface area contributed by atoms with Gasteiger partial charge in [-0.25, -0.2) is 8.42 Å². The highest BCUT2D eigenvalue weighted by Gasteiger charge is 2.55. The van der Waals surface area contributed by atoms with Crippen LogP contribution in [0.3, 0.4) is 0 Å². The van der Waals surface area contributed by atoms with Gasteiger partial charge in [-0.2, -0.15) is 0 Å². The van der Waals surface area contributed by atoms with Gasteiger partial charge in [-0.05, 0) is 43.9 Å². The molecule has 0 aromatic heterocycles. The van der Waals surface area contributed by atoms with Crippen LogP contribution < -0.4 is 0 Å². The molecular formula is C23H24O5S. The van der Waals surface area contributed by atoms with Crippen molar-refractivity contribution in [1.29, 1.82) is 0 Å². The van der Waals surface area contributed by atoms with Crippen LogP contribution in [0.5, 0.6) is 0 Å². The molecule has 0 aliphatic heterocycles. The molecule has 0 heterocycles. The molecule has 2 atom stereocenters. The van der Waals surface area contributed by atoms with Crippen LogP contribution in [0.25, 0.3) is 0 Å². The molecule has 1 aliphatic carbocycles. The van der Waals surface area contributed by atoms with E-state index < -0.39 is 32.3 Å². The Morgan fingerprint density at radius 3 is 2.24 bits per heavy atom. The van der Waals surface area contributed by atoms with E-state index in [0.29, 0.717) is 18.4 Å². The molecule has 1 aliphatic rings. The zero-order valence-electron chi connectivity index (χ0n) is 16.3. The summed E-state index contributed by atoms with van der Waals surface area (Å²) in [6, 6.07) is 16.5. The van der Waals surface area contributed by atoms with Gasteiger partial charge in [0, 0.05) is 5.56 Å². The standard InChI is InChI=1S/C23H24O5S/c1-3-28-22(25)23(21(24)18-11-6-4-7-12-18)16-10-15-20(17(23)2)29(26,27)19-13-8-5-9-14-19/h4-9,11-14,20H,2-3,10,15-16H2,1H3. The Kier molecular flexibility index (Phi) is 6.03. The van der Waals surface area contributed by atoms with E-state index in [0.717, 1.165) is 0 Å². The summed E-state index contributed by atoms with van der Waals surface area (Å²) in [5.41, 5.74) is -1.28. The Balaban J connectivity index is 2.11. The van der Waals surface area contributed by atoms with Crippen molar-refractivity contribution < 1.29 is 22.7 Å². The summed E-state index contributed by atoms with van der Waals surface area (Å²) in [6.07, 6.45) is 0.881. The van der Waals surface area contributed by atoms with Gasteiger partial charge in [0.15, 0.2) is 21.0 Å². The number of hydrogen-bond donors (Lipinski definition) is 0. The fourth-order valence-electron chi connectivity index (χ4n) is 3.95. The second-order valence-corrected chi connectivity index (χ2v) is 9.22. The Hall–Kier alpha value is -2.73. The number of carbonyl (C=O) groups excluding carboxylic acids is 2. The van der Waals surface area contributed by atoms with E-state index in [1.54, 1.807) is 55.5 Å². The Bertz CT molecular complexity index is 1010. The maximum Gasteiger partial charge on any atom is 0.324 e. The first-order valence-corrected chi connectivity index (χ1v) is 11.2. The van der Waals surface area contributed by atoms with Crippen LogP contribution in [0, 0.1) is 5.41 Å². The fourth-order valence-corrected chi connectivity index (χ4v) is 5.87. The Morgan fingerprint density at radius 2 is 1.66 bits per heavy atom. The fraction of sp³-hybridized carbons (Fsp3) is 0.304. The summed E-state index contributed by atoms with van der Waals surface area (Å²) in [7, 11) is -3.81. The average Bonchev–Trinajstić information content (AvgIpc) is 2.75. The SMILES string of the molecule is C=C1C(S(=O)(=O)c2ccccc2)CCCC1(C(=O)OCC)C(=O)c1ccccc1. The van der Waals surface area contributed by atoms with E-state index in [-0.39, 0.29) is 23.5 Å². The lowest BCUT2D eigenvalue weighted by molar-refractivity contribution is -0.151. The van der Waals surface area contributed by atoms with E-state index in [1.165, 1.54) is 12.1 Å². The summed E-state index contributed by atoms with van der Waals surface area (Å²) < 4.78 is 31.9. The van der Waals surface area contributed by atoms with E-state index in [2.05, 4.69) is 6.58 Å². The molecule has 2 aromatic rings. The van der Waals surface area contributed by atoms with Gasteiger partial charge in [0.05, 0.1) is 16.8 Å². The number of carbonyl (C=O) groups is 2. The van der Waals surface area contributed by atoms with Gasteiger partial charge in [0.2, 0.25) is 0 Å². The van der Waals surface area contributed by atoms with Gasteiger partial charge >= 0.3 is 5.97 Å². The summed E-state index contributed by atoms with van der Waals surface area (Å²) in [6.45, 7) is 5.73. The van der Waals surface area contributed by atoms with Crippen molar-refractivity contribution in [2.75, 3.05) is 6.61 Å². The van der Waals surface area contributed by atoms with Crippen LogP contribution in [0.4, 0.5) is 0 Å². The van der Waals surface area contributed by atoms with E-state index in [9.17, 15) is 18.0 Å². The first kappa shape index (κ1) is 21.0. The lowest BCUT2D eigenvalue weighted by atomic mass is 9.66. The molecule has 0 amide bonds. The van der Waals surface area contributed by atoms with Crippen molar-refractivity contribution in [3.05, 3.63) is 78.4 Å².